The second-order valence-electron chi connectivity index (χ2n) is 7.48. The molecule has 0 saturated carbocycles. The SMILES string of the molecule is Cc1ncc2c(n1)C1(CCCN(C(=O)CCc3nnc(N)[nH]c3=O)C1)CC2. The molecule has 1 aliphatic heterocycles. The molecule has 9 heteroatoms. The smallest absolute Gasteiger partial charge is 0.274 e. The number of carbonyl (C=O) groups is 1. The van der Waals surface area contributed by atoms with E-state index in [4.69, 9.17) is 10.7 Å². The first-order valence-corrected chi connectivity index (χ1v) is 9.29. The minimum absolute atomic E-state index is 0.0229. The van der Waals surface area contributed by atoms with Gasteiger partial charge in [-0.05, 0) is 38.2 Å². The molecule has 2 aliphatic rings. The highest BCUT2D eigenvalue weighted by Crippen LogP contribution is 2.43. The Morgan fingerprint density at radius 1 is 1.37 bits per heavy atom. The molecule has 1 atom stereocenters. The van der Waals surface area contributed by atoms with Crippen LogP contribution in [0.5, 0.6) is 0 Å². The van der Waals surface area contributed by atoms with Crippen LogP contribution in [0.3, 0.4) is 0 Å². The molecule has 2 aromatic rings. The van der Waals surface area contributed by atoms with Crippen molar-refractivity contribution < 1.29 is 4.79 Å². The molecule has 1 unspecified atom stereocenters. The molecule has 142 valence electrons. The Morgan fingerprint density at radius 2 is 2.22 bits per heavy atom. The topological polar surface area (TPSA) is 131 Å². The Kier molecular flexibility index (Phi) is 4.37. The highest BCUT2D eigenvalue weighted by molar-refractivity contribution is 5.76. The third-order valence-electron chi connectivity index (χ3n) is 5.65. The molecule has 1 fully saturated rings. The van der Waals surface area contributed by atoms with Gasteiger partial charge in [-0.2, -0.15) is 0 Å². The predicted octanol–water partition coefficient (Wildman–Crippen LogP) is 0.285. The van der Waals surface area contributed by atoms with Crippen LogP contribution < -0.4 is 11.3 Å². The van der Waals surface area contributed by atoms with E-state index in [1.54, 1.807) is 0 Å². The van der Waals surface area contributed by atoms with Crippen molar-refractivity contribution in [1.82, 2.24) is 30.0 Å². The summed E-state index contributed by atoms with van der Waals surface area (Å²) in [5, 5.41) is 7.45. The zero-order valence-electron chi connectivity index (χ0n) is 15.4. The number of hydrogen-bond acceptors (Lipinski definition) is 7. The van der Waals surface area contributed by atoms with Gasteiger partial charge in [-0.3, -0.25) is 14.6 Å². The Bertz CT molecular complexity index is 938. The van der Waals surface area contributed by atoms with Crippen LogP contribution in [0.25, 0.3) is 0 Å². The first-order chi connectivity index (χ1) is 13.0. The van der Waals surface area contributed by atoms with Crippen molar-refractivity contribution in [2.75, 3.05) is 18.8 Å². The van der Waals surface area contributed by atoms with Crippen molar-refractivity contribution in [3.05, 3.63) is 39.3 Å². The largest absolute Gasteiger partial charge is 0.368 e. The molecule has 1 spiro atoms. The number of nitrogens with one attached hydrogen (secondary N) is 1. The fourth-order valence-corrected chi connectivity index (χ4v) is 4.29. The standard InChI is InChI=1S/C18H23N7O2/c1-11-20-9-12-5-7-18(15(12)21-11)6-2-8-25(10-18)14(26)4-3-13-16(27)22-17(19)24-23-13/h9H,2-8,10H2,1H3,(H3,19,22,24,27). The van der Waals surface area contributed by atoms with Crippen molar-refractivity contribution in [3.63, 3.8) is 0 Å². The summed E-state index contributed by atoms with van der Waals surface area (Å²) in [6.45, 7) is 3.33. The molecule has 3 N–H and O–H groups in total. The first-order valence-electron chi connectivity index (χ1n) is 9.29. The lowest BCUT2D eigenvalue weighted by Crippen LogP contribution is -2.48. The average Bonchev–Trinajstić information content (AvgIpc) is 2.98. The van der Waals surface area contributed by atoms with E-state index < -0.39 is 0 Å². The molecule has 0 bridgehead atoms. The van der Waals surface area contributed by atoms with E-state index in [9.17, 15) is 9.59 Å². The van der Waals surface area contributed by atoms with Gasteiger partial charge in [0.2, 0.25) is 11.9 Å². The van der Waals surface area contributed by atoms with Gasteiger partial charge in [0.15, 0.2) is 0 Å². The predicted molar refractivity (Wildman–Crippen MR) is 98.0 cm³/mol. The number of aromatic nitrogens is 5. The van der Waals surface area contributed by atoms with Crippen molar-refractivity contribution in [3.8, 4) is 0 Å². The number of rotatable bonds is 3. The fraction of sp³-hybridized carbons (Fsp3) is 0.556. The molecule has 1 saturated heterocycles. The Hall–Kier alpha value is -2.84. The molecule has 4 rings (SSSR count). The van der Waals surface area contributed by atoms with Crippen LogP contribution in [-0.4, -0.2) is 49.0 Å². The van der Waals surface area contributed by atoms with E-state index in [1.165, 1.54) is 5.56 Å². The molecule has 1 aliphatic carbocycles. The number of anilines is 1. The fourth-order valence-electron chi connectivity index (χ4n) is 4.29. The normalized spacial score (nSPS) is 21.4. The number of amides is 1. The number of likely N-dealkylation sites (tertiary alicyclic amines) is 1. The maximum atomic E-state index is 12.8. The number of nitrogens with two attached hydrogens (primary N) is 1. The molecule has 2 aromatic heterocycles. The molecule has 9 nitrogen and oxygen atoms in total. The van der Waals surface area contributed by atoms with Crippen molar-refractivity contribution in [1.29, 1.82) is 0 Å². The third-order valence-corrected chi connectivity index (χ3v) is 5.65. The number of aryl methyl sites for hydroxylation is 3. The van der Waals surface area contributed by atoms with Gasteiger partial charge >= 0.3 is 0 Å². The Balaban J connectivity index is 1.47. The summed E-state index contributed by atoms with van der Waals surface area (Å²) in [6.07, 6.45) is 6.39. The number of fused-ring (bicyclic) bond motifs is 2. The van der Waals surface area contributed by atoms with Crippen LogP contribution >= 0.6 is 0 Å². The van der Waals surface area contributed by atoms with Crippen LogP contribution in [0.4, 0.5) is 5.95 Å². The summed E-state index contributed by atoms with van der Waals surface area (Å²) < 4.78 is 0. The van der Waals surface area contributed by atoms with Crippen LogP contribution in [0.1, 0.15) is 48.5 Å². The molecular formula is C18H23N7O2. The second kappa shape index (κ2) is 6.71. The second-order valence-corrected chi connectivity index (χ2v) is 7.48. The van der Waals surface area contributed by atoms with Crippen LogP contribution in [0, 0.1) is 6.92 Å². The zero-order valence-corrected chi connectivity index (χ0v) is 15.4. The number of hydrogen-bond donors (Lipinski definition) is 2. The van der Waals surface area contributed by atoms with Gasteiger partial charge in [-0.1, -0.05) is 0 Å². The van der Waals surface area contributed by atoms with Crippen molar-refractivity contribution in [2.24, 2.45) is 0 Å². The van der Waals surface area contributed by atoms with E-state index in [-0.39, 0.29) is 41.4 Å². The van der Waals surface area contributed by atoms with Gasteiger partial charge in [0.1, 0.15) is 11.5 Å². The van der Waals surface area contributed by atoms with Crippen LogP contribution in [-0.2, 0) is 23.1 Å². The number of aromatic amines is 1. The molecule has 27 heavy (non-hydrogen) atoms. The highest BCUT2D eigenvalue weighted by Gasteiger charge is 2.44. The lowest BCUT2D eigenvalue weighted by molar-refractivity contribution is -0.133. The minimum atomic E-state index is -0.387. The molecular weight excluding hydrogens is 346 g/mol. The van der Waals surface area contributed by atoms with Crippen LogP contribution in [0.15, 0.2) is 11.0 Å². The number of piperidine rings is 1. The maximum absolute atomic E-state index is 12.8. The number of nitrogens with zero attached hydrogens (tertiary/aromatic N) is 5. The maximum Gasteiger partial charge on any atom is 0.274 e. The first kappa shape index (κ1) is 17.6. The van der Waals surface area contributed by atoms with E-state index in [0.29, 0.717) is 6.54 Å². The highest BCUT2D eigenvalue weighted by atomic mass is 16.2. The molecule has 0 aromatic carbocycles. The van der Waals surface area contributed by atoms with Crippen molar-refractivity contribution >= 4 is 11.9 Å². The molecule has 1 amide bonds. The lowest BCUT2D eigenvalue weighted by atomic mass is 9.77. The van der Waals surface area contributed by atoms with Gasteiger partial charge in [-0.15, -0.1) is 10.2 Å². The van der Waals surface area contributed by atoms with Crippen molar-refractivity contribution in [2.45, 2.75) is 50.9 Å². The number of H-pyrrole nitrogens is 1. The van der Waals surface area contributed by atoms with E-state index >= 15 is 0 Å². The number of carbonyl (C=O) groups excluding carboxylic acids is 1. The minimum Gasteiger partial charge on any atom is -0.368 e. The van der Waals surface area contributed by atoms with Gasteiger partial charge in [0.05, 0.1) is 5.69 Å². The van der Waals surface area contributed by atoms with Crippen LogP contribution in [0.2, 0.25) is 0 Å². The number of nitrogen functional groups attached to an aromatic ring is 1. The monoisotopic (exact) mass is 369 g/mol. The summed E-state index contributed by atoms with van der Waals surface area (Å²) in [4.78, 5) is 37.9. The quantitative estimate of drug-likeness (QED) is 0.794. The van der Waals surface area contributed by atoms with Gasteiger partial charge in [0, 0.05) is 37.5 Å². The van der Waals surface area contributed by atoms with Gasteiger partial charge in [0.25, 0.3) is 5.56 Å². The zero-order chi connectivity index (χ0) is 19.0. The summed E-state index contributed by atoms with van der Waals surface area (Å²) in [5.74, 6) is 0.788. The average molecular weight is 369 g/mol. The van der Waals surface area contributed by atoms with E-state index in [0.717, 1.165) is 43.7 Å². The summed E-state index contributed by atoms with van der Waals surface area (Å²) >= 11 is 0. The summed E-state index contributed by atoms with van der Waals surface area (Å²) in [7, 11) is 0. The summed E-state index contributed by atoms with van der Waals surface area (Å²) in [5.41, 5.74) is 7.52. The Labute approximate surface area is 156 Å². The van der Waals surface area contributed by atoms with E-state index in [1.807, 2.05) is 18.0 Å². The lowest BCUT2D eigenvalue weighted by Gasteiger charge is -2.40. The summed E-state index contributed by atoms with van der Waals surface area (Å²) in [6, 6.07) is 0. The van der Waals surface area contributed by atoms with Gasteiger partial charge < -0.3 is 10.6 Å². The molecule has 3 heterocycles. The van der Waals surface area contributed by atoms with Gasteiger partial charge in [-0.25, -0.2) is 9.97 Å². The Morgan fingerprint density at radius 3 is 3.04 bits per heavy atom. The molecule has 0 radical (unpaired) electrons. The van der Waals surface area contributed by atoms with E-state index in [2.05, 4.69) is 20.2 Å². The third kappa shape index (κ3) is 3.29.